The smallest absolute Gasteiger partial charge is 0.226 e. The molecule has 1 aliphatic heterocycles. The average Bonchev–Trinajstić information content (AvgIpc) is 2.75. The monoisotopic (exact) mass is 398 g/mol. The number of rotatable bonds is 7. The zero-order valence-electron chi connectivity index (χ0n) is 16.7. The van der Waals surface area contributed by atoms with Gasteiger partial charge in [-0.05, 0) is 48.6 Å². The summed E-state index contributed by atoms with van der Waals surface area (Å²) in [4.78, 5) is 26.7. The number of likely N-dealkylation sites (tertiary alicyclic amines) is 1. The number of methoxy groups -OCH3 is 1. The SMILES string of the molecule is COc1ccc(CC(=O)N2CCC(C(=O)NCCc3ccccc3F)CC2)cc1. The third kappa shape index (κ3) is 5.79. The first kappa shape index (κ1) is 20.8. The van der Waals surface area contributed by atoms with Gasteiger partial charge in [-0.1, -0.05) is 30.3 Å². The molecule has 3 rings (SSSR count). The lowest BCUT2D eigenvalue weighted by Gasteiger charge is -2.31. The highest BCUT2D eigenvalue weighted by Gasteiger charge is 2.27. The second-order valence-electron chi connectivity index (χ2n) is 7.31. The van der Waals surface area contributed by atoms with Crippen molar-refractivity contribution >= 4 is 11.8 Å². The van der Waals surface area contributed by atoms with Crippen LogP contribution in [0.25, 0.3) is 0 Å². The lowest BCUT2D eigenvalue weighted by Crippen LogP contribution is -2.43. The second kappa shape index (κ2) is 10.0. The number of nitrogens with zero attached hydrogens (tertiary/aromatic N) is 1. The van der Waals surface area contributed by atoms with Gasteiger partial charge in [0.1, 0.15) is 11.6 Å². The Kier molecular flexibility index (Phi) is 7.22. The summed E-state index contributed by atoms with van der Waals surface area (Å²) in [5.41, 5.74) is 1.55. The van der Waals surface area contributed by atoms with Crippen molar-refractivity contribution in [3.05, 3.63) is 65.5 Å². The molecule has 0 unspecified atom stereocenters. The van der Waals surface area contributed by atoms with E-state index in [1.54, 1.807) is 25.3 Å². The number of piperidine rings is 1. The Morgan fingerprint density at radius 1 is 1.10 bits per heavy atom. The minimum Gasteiger partial charge on any atom is -0.497 e. The van der Waals surface area contributed by atoms with Gasteiger partial charge in [0.15, 0.2) is 0 Å². The van der Waals surface area contributed by atoms with Crippen LogP contribution in [0.15, 0.2) is 48.5 Å². The van der Waals surface area contributed by atoms with Crippen LogP contribution < -0.4 is 10.1 Å². The van der Waals surface area contributed by atoms with E-state index in [-0.39, 0.29) is 23.5 Å². The number of hydrogen-bond acceptors (Lipinski definition) is 3. The molecule has 1 aliphatic rings. The van der Waals surface area contributed by atoms with Crippen LogP contribution in [0.4, 0.5) is 4.39 Å². The molecule has 29 heavy (non-hydrogen) atoms. The molecule has 6 heteroatoms. The van der Waals surface area contributed by atoms with Gasteiger partial charge in [0.05, 0.1) is 13.5 Å². The molecule has 1 N–H and O–H groups in total. The van der Waals surface area contributed by atoms with Crippen molar-refractivity contribution in [3.8, 4) is 5.75 Å². The zero-order chi connectivity index (χ0) is 20.6. The van der Waals surface area contributed by atoms with Gasteiger partial charge in [-0.25, -0.2) is 4.39 Å². The van der Waals surface area contributed by atoms with Crippen LogP contribution in [0.2, 0.25) is 0 Å². The van der Waals surface area contributed by atoms with Gasteiger partial charge in [-0.15, -0.1) is 0 Å². The topological polar surface area (TPSA) is 58.6 Å². The fourth-order valence-corrected chi connectivity index (χ4v) is 3.59. The zero-order valence-corrected chi connectivity index (χ0v) is 16.7. The fourth-order valence-electron chi connectivity index (χ4n) is 3.59. The third-order valence-electron chi connectivity index (χ3n) is 5.38. The molecule has 154 valence electrons. The first-order valence-corrected chi connectivity index (χ1v) is 9.98. The molecule has 2 amide bonds. The van der Waals surface area contributed by atoms with Gasteiger partial charge in [-0.2, -0.15) is 0 Å². The Morgan fingerprint density at radius 3 is 2.45 bits per heavy atom. The predicted octanol–water partition coefficient (Wildman–Crippen LogP) is 2.97. The summed E-state index contributed by atoms with van der Waals surface area (Å²) in [6, 6.07) is 14.1. The van der Waals surface area contributed by atoms with Crippen molar-refractivity contribution in [2.45, 2.75) is 25.7 Å². The van der Waals surface area contributed by atoms with E-state index in [9.17, 15) is 14.0 Å². The molecule has 0 radical (unpaired) electrons. The summed E-state index contributed by atoms with van der Waals surface area (Å²) in [6.45, 7) is 1.58. The first-order valence-electron chi connectivity index (χ1n) is 9.98. The summed E-state index contributed by atoms with van der Waals surface area (Å²) in [7, 11) is 1.61. The van der Waals surface area contributed by atoms with E-state index in [0.29, 0.717) is 50.9 Å². The maximum atomic E-state index is 13.6. The maximum absolute atomic E-state index is 13.6. The highest BCUT2D eigenvalue weighted by atomic mass is 19.1. The number of amides is 2. The molecular formula is C23H27FN2O3. The molecule has 1 heterocycles. The number of hydrogen-bond donors (Lipinski definition) is 1. The quantitative estimate of drug-likeness (QED) is 0.780. The summed E-state index contributed by atoms with van der Waals surface area (Å²) in [5, 5.41) is 2.90. The molecule has 0 atom stereocenters. The Balaban J connectivity index is 1.40. The number of ether oxygens (including phenoxy) is 1. The summed E-state index contributed by atoms with van der Waals surface area (Å²) in [6.07, 6.45) is 2.13. The van der Waals surface area contributed by atoms with Crippen molar-refractivity contribution in [1.82, 2.24) is 10.2 Å². The molecule has 0 spiro atoms. The van der Waals surface area contributed by atoms with Gasteiger partial charge in [0, 0.05) is 25.6 Å². The first-order chi connectivity index (χ1) is 14.1. The molecule has 0 aliphatic carbocycles. The van der Waals surface area contributed by atoms with Crippen molar-refractivity contribution in [2.24, 2.45) is 5.92 Å². The van der Waals surface area contributed by atoms with Gasteiger partial charge in [0.25, 0.3) is 0 Å². The predicted molar refractivity (Wildman–Crippen MR) is 109 cm³/mol. The average molecular weight is 398 g/mol. The fraction of sp³-hybridized carbons (Fsp3) is 0.391. The van der Waals surface area contributed by atoms with Crippen LogP contribution in [-0.4, -0.2) is 43.5 Å². The molecule has 0 bridgehead atoms. The molecule has 1 saturated heterocycles. The number of carbonyl (C=O) groups is 2. The molecular weight excluding hydrogens is 371 g/mol. The molecule has 5 nitrogen and oxygen atoms in total. The van der Waals surface area contributed by atoms with E-state index < -0.39 is 0 Å². The molecule has 0 saturated carbocycles. The highest BCUT2D eigenvalue weighted by Crippen LogP contribution is 2.19. The van der Waals surface area contributed by atoms with Gasteiger partial charge >= 0.3 is 0 Å². The Bertz CT molecular complexity index is 830. The van der Waals surface area contributed by atoms with Crippen LogP contribution in [0.1, 0.15) is 24.0 Å². The van der Waals surface area contributed by atoms with Crippen LogP contribution in [0.5, 0.6) is 5.75 Å². The molecule has 2 aromatic carbocycles. The maximum Gasteiger partial charge on any atom is 0.226 e. The summed E-state index contributed by atoms with van der Waals surface area (Å²) >= 11 is 0. The van der Waals surface area contributed by atoms with Gasteiger partial charge in [0.2, 0.25) is 11.8 Å². The number of halogens is 1. The lowest BCUT2D eigenvalue weighted by atomic mass is 9.95. The van der Waals surface area contributed by atoms with Crippen molar-refractivity contribution in [3.63, 3.8) is 0 Å². The summed E-state index contributed by atoms with van der Waals surface area (Å²) in [5.74, 6) is 0.492. The van der Waals surface area contributed by atoms with E-state index in [2.05, 4.69) is 5.32 Å². The lowest BCUT2D eigenvalue weighted by molar-refractivity contribution is -0.135. The molecule has 0 aromatic heterocycles. The van der Waals surface area contributed by atoms with Crippen LogP contribution in [-0.2, 0) is 22.4 Å². The molecule has 1 fully saturated rings. The second-order valence-corrected chi connectivity index (χ2v) is 7.31. The van der Waals surface area contributed by atoms with E-state index in [0.717, 1.165) is 11.3 Å². The van der Waals surface area contributed by atoms with Gasteiger partial charge < -0.3 is 15.0 Å². The summed E-state index contributed by atoms with van der Waals surface area (Å²) < 4.78 is 18.8. The van der Waals surface area contributed by atoms with E-state index in [4.69, 9.17) is 4.74 Å². The Labute approximate surface area is 170 Å². The third-order valence-corrected chi connectivity index (χ3v) is 5.38. The normalized spacial score (nSPS) is 14.5. The van der Waals surface area contributed by atoms with Crippen molar-refractivity contribution in [1.29, 1.82) is 0 Å². The standard InChI is InChI=1S/C23H27FN2O3/c1-29-20-8-6-17(7-9-20)16-22(27)26-14-11-19(12-15-26)23(28)25-13-10-18-4-2-3-5-21(18)24/h2-9,19H,10-16H2,1H3,(H,25,28). The van der Waals surface area contributed by atoms with E-state index in [1.165, 1.54) is 6.07 Å². The number of nitrogens with one attached hydrogen (secondary N) is 1. The van der Waals surface area contributed by atoms with Crippen molar-refractivity contribution < 1.29 is 18.7 Å². The Morgan fingerprint density at radius 2 is 1.79 bits per heavy atom. The highest BCUT2D eigenvalue weighted by molar-refractivity contribution is 5.81. The van der Waals surface area contributed by atoms with Gasteiger partial charge in [-0.3, -0.25) is 9.59 Å². The largest absolute Gasteiger partial charge is 0.497 e. The Hall–Kier alpha value is -2.89. The van der Waals surface area contributed by atoms with Crippen LogP contribution in [0, 0.1) is 11.7 Å². The van der Waals surface area contributed by atoms with Crippen LogP contribution in [0.3, 0.4) is 0 Å². The minimum absolute atomic E-state index is 0.0106. The van der Waals surface area contributed by atoms with E-state index in [1.807, 2.05) is 29.2 Å². The van der Waals surface area contributed by atoms with Crippen LogP contribution >= 0.6 is 0 Å². The minimum atomic E-state index is -0.245. The molecule has 2 aromatic rings. The number of carbonyl (C=O) groups excluding carboxylic acids is 2. The number of benzene rings is 2. The van der Waals surface area contributed by atoms with Crippen molar-refractivity contribution in [2.75, 3.05) is 26.7 Å². The van der Waals surface area contributed by atoms with E-state index >= 15 is 0 Å².